The van der Waals surface area contributed by atoms with Gasteiger partial charge in [-0.05, 0) is 35.9 Å². The zero-order valence-corrected chi connectivity index (χ0v) is 12.2. The van der Waals surface area contributed by atoms with Crippen LogP contribution in [0.1, 0.15) is 5.56 Å². The third-order valence-corrected chi connectivity index (χ3v) is 3.53. The Morgan fingerprint density at radius 1 is 1.20 bits per heavy atom. The molecule has 5 heteroatoms. The van der Waals surface area contributed by atoms with Crippen molar-refractivity contribution in [2.24, 2.45) is 0 Å². The van der Waals surface area contributed by atoms with Crippen LogP contribution in [0.2, 0.25) is 0 Å². The number of halogens is 1. The number of nitrogens with two attached hydrogens (primary N) is 1. The van der Waals surface area contributed by atoms with E-state index in [1.807, 2.05) is 42.5 Å². The minimum absolute atomic E-state index is 0.0643. The molecule has 0 fully saturated rings. The molecular formula is C15H12BrN3O. The van der Waals surface area contributed by atoms with E-state index in [0.29, 0.717) is 17.6 Å². The van der Waals surface area contributed by atoms with E-state index in [2.05, 4.69) is 21.0 Å². The first kappa shape index (κ1) is 12.9. The average Bonchev–Trinajstić information content (AvgIpc) is 2.41. The molecule has 1 heterocycles. The first-order chi connectivity index (χ1) is 9.63. The SMILES string of the molecule is Nc1cc(Br)cc(Cn2ncc(=O)c3ccccc32)c1. The highest BCUT2D eigenvalue weighted by Crippen LogP contribution is 2.19. The Morgan fingerprint density at radius 3 is 2.80 bits per heavy atom. The van der Waals surface area contributed by atoms with Crippen molar-refractivity contribution in [1.29, 1.82) is 0 Å². The summed E-state index contributed by atoms with van der Waals surface area (Å²) in [6, 6.07) is 13.2. The van der Waals surface area contributed by atoms with E-state index in [9.17, 15) is 4.79 Å². The van der Waals surface area contributed by atoms with Crippen LogP contribution in [0.15, 0.2) is 57.9 Å². The molecule has 0 aliphatic heterocycles. The second-order valence-electron chi connectivity index (χ2n) is 4.58. The number of rotatable bonds is 2. The molecule has 0 saturated heterocycles. The number of hydrogen-bond acceptors (Lipinski definition) is 3. The van der Waals surface area contributed by atoms with Crippen LogP contribution in [0.5, 0.6) is 0 Å². The maximum absolute atomic E-state index is 11.8. The number of anilines is 1. The standard InChI is InChI=1S/C15H12BrN3O/c16-11-5-10(6-12(17)7-11)9-19-14-4-2-1-3-13(14)15(20)8-18-19/h1-8H,9,17H2. The van der Waals surface area contributed by atoms with Gasteiger partial charge < -0.3 is 5.73 Å². The molecule has 20 heavy (non-hydrogen) atoms. The first-order valence-corrected chi connectivity index (χ1v) is 6.92. The van der Waals surface area contributed by atoms with Crippen LogP contribution in [-0.4, -0.2) is 9.78 Å². The highest BCUT2D eigenvalue weighted by atomic mass is 79.9. The summed E-state index contributed by atoms with van der Waals surface area (Å²) < 4.78 is 2.73. The van der Waals surface area contributed by atoms with Crippen molar-refractivity contribution in [3.05, 3.63) is 68.9 Å². The van der Waals surface area contributed by atoms with Crippen molar-refractivity contribution in [3.8, 4) is 0 Å². The molecule has 100 valence electrons. The van der Waals surface area contributed by atoms with Crippen LogP contribution in [0.25, 0.3) is 10.9 Å². The third kappa shape index (κ3) is 2.44. The minimum atomic E-state index is -0.0643. The van der Waals surface area contributed by atoms with Crippen LogP contribution >= 0.6 is 15.9 Å². The maximum atomic E-state index is 11.8. The van der Waals surface area contributed by atoms with Gasteiger partial charge in [-0.3, -0.25) is 9.48 Å². The van der Waals surface area contributed by atoms with Crippen molar-refractivity contribution in [2.75, 3.05) is 5.73 Å². The number of hydrogen-bond donors (Lipinski definition) is 1. The van der Waals surface area contributed by atoms with Gasteiger partial charge in [0.05, 0.1) is 18.3 Å². The molecule has 0 unspecified atom stereocenters. The van der Waals surface area contributed by atoms with Crippen molar-refractivity contribution < 1.29 is 0 Å². The summed E-state index contributed by atoms with van der Waals surface area (Å²) in [6.45, 7) is 0.560. The molecule has 3 aromatic rings. The van der Waals surface area contributed by atoms with E-state index >= 15 is 0 Å². The fourth-order valence-corrected chi connectivity index (χ4v) is 2.78. The maximum Gasteiger partial charge on any atom is 0.207 e. The van der Waals surface area contributed by atoms with Gasteiger partial charge in [-0.2, -0.15) is 5.10 Å². The highest BCUT2D eigenvalue weighted by molar-refractivity contribution is 9.10. The van der Waals surface area contributed by atoms with Gasteiger partial charge in [0.1, 0.15) is 0 Å². The number of fused-ring (bicyclic) bond motifs is 1. The van der Waals surface area contributed by atoms with Gasteiger partial charge in [-0.25, -0.2) is 0 Å². The monoisotopic (exact) mass is 329 g/mol. The second kappa shape index (κ2) is 5.09. The predicted molar refractivity (Wildman–Crippen MR) is 83.7 cm³/mol. The summed E-state index contributed by atoms with van der Waals surface area (Å²) in [5.74, 6) is 0. The van der Waals surface area contributed by atoms with Gasteiger partial charge in [0.2, 0.25) is 5.43 Å². The summed E-state index contributed by atoms with van der Waals surface area (Å²) in [4.78, 5) is 11.8. The van der Waals surface area contributed by atoms with Crippen molar-refractivity contribution in [2.45, 2.75) is 6.54 Å². The molecular weight excluding hydrogens is 318 g/mol. The minimum Gasteiger partial charge on any atom is -0.399 e. The Labute approximate surface area is 124 Å². The van der Waals surface area contributed by atoms with Gasteiger partial charge in [0.25, 0.3) is 0 Å². The number of para-hydroxylation sites is 1. The van der Waals surface area contributed by atoms with Crippen LogP contribution in [-0.2, 0) is 6.54 Å². The molecule has 0 atom stereocenters. The number of aromatic nitrogens is 2. The van der Waals surface area contributed by atoms with Crippen molar-refractivity contribution in [1.82, 2.24) is 9.78 Å². The quantitative estimate of drug-likeness (QED) is 0.735. The summed E-state index contributed by atoms with van der Waals surface area (Å²) in [6.07, 6.45) is 1.35. The van der Waals surface area contributed by atoms with E-state index in [1.54, 1.807) is 4.68 Å². The molecule has 2 aromatic carbocycles. The summed E-state index contributed by atoms with van der Waals surface area (Å²) in [5, 5.41) is 4.88. The second-order valence-corrected chi connectivity index (χ2v) is 5.49. The lowest BCUT2D eigenvalue weighted by molar-refractivity contribution is 0.695. The zero-order valence-electron chi connectivity index (χ0n) is 10.6. The van der Waals surface area contributed by atoms with E-state index in [4.69, 9.17) is 5.73 Å². The Kier molecular flexibility index (Phi) is 3.28. The molecule has 0 amide bonds. The molecule has 0 radical (unpaired) electrons. The fraction of sp³-hybridized carbons (Fsp3) is 0.0667. The third-order valence-electron chi connectivity index (χ3n) is 3.07. The first-order valence-electron chi connectivity index (χ1n) is 6.13. The highest BCUT2D eigenvalue weighted by Gasteiger charge is 2.05. The molecule has 0 spiro atoms. The van der Waals surface area contributed by atoms with E-state index < -0.39 is 0 Å². The Balaban J connectivity index is 2.11. The average molecular weight is 330 g/mol. The number of nitrogen functional groups attached to an aromatic ring is 1. The van der Waals surface area contributed by atoms with Crippen LogP contribution < -0.4 is 11.2 Å². The Bertz CT molecular complexity index is 822. The normalized spacial score (nSPS) is 10.8. The molecule has 2 N–H and O–H groups in total. The topological polar surface area (TPSA) is 60.9 Å². The summed E-state index contributed by atoms with van der Waals surface area (Å²) in [7, 11) is 0. The smallest absolute Gasteiger partial charge is 0.207 e. The molecule has 3 rings (SSSR count). The number of nitrogens with zero attached hydrogens (tertiary/aromatic N) is 2. The van der Waals surface area contributed by atoms with Gasteiger partial charge in [-0.1, -0.05) is 28.1 Å². The van der Waals surface area contributed by atoms with Gasteiger partial charge in [0, 0.05) is 15.5 Å². The molecule has 1 aromatic heterocycles. The fourth-order valence-electron chi connectivity index (χ4n) is 2.23. The Morgan fingerprint density at radius 2 is 2.00 bits per heavy atom. The van der Waals surface area contributed by atoms with E-state index in [0.717, 1.165) is 15.6 Å². The Hall–Kier alpha value is -2.14. The predicted octanol–water partition coefficient (Wildman–Crippen LogP) is 2.79. The van der Waals surface area contributed by atoms with Gasteiger partial charge in [0.15, 0.2) is 0 Å². The van der Waals surface area contributed by atoms with Gasteiger partial charge >= 0.3 is 0 Å². The summed E-state index contributed by atoms with van der Waals surface area (Å²) in [5.41, 5.74) is 8.31. The molecule has 0 aliphatic carbocycles. The lowest BCUT2D eigenvalue weighted by Crippen LogP contribution is -2.13. The van der Waals surface area contributed by atoms with E-state index in [-0.39, 0.29) is 5.43 Å². The molecule has 0 aliphatic rings. The van der Waals surface area contributed by atoms with Crippen LogP contribution in [0.3, 0.4) is 0 Å². The summed E-state index contributed by atoms with van der Waals surface area (Å²) >= 11 is 3.43. The lowest BCUT2D eigenvalue weighted by Gasteiger charge is -2.10. The molecule has 4 nitrogen and oxygen atoms in total. The van der Waals surface area contributed by atoms with Crippen LogP contribution in [0.4, 0.5) is 5.69 Å². The van der Waals surface area contributed by atoms with Crippen molar-refractivity contribution in [3.63, 3.8) is 0 Å². The van der Waals surface area contributed by atoms with E-state index in [1.165, 1.54) is 6.20 Å². The molecule has 0 bridgehead atoms. The van der Waals surface area contributed by atoms with Gasteiger partial charge in [-0.15, -0.1) is 0 Å². The van der Waals surface area contributed by atoms with Crippen molar-refractivity contribution >= 4 is 32.5 Å². The largest absolute Gasteiger partial charge is 0.399 e. The lowest BCUT2D eigenvalue weighted by atomic mass is 10.2. The zero-order chi connectivity index (χ0) is 14.1. The molecule has 0 saturated carbocycles. The van der Waals surface area contributed by atoms with Crippen LogP contribution in [0, 0.1) is 0 Å². The number of benzene rings is 2.